The highest BCUT2D eigenvalue weighted by Gasteiger charge is 2.28. The molecule has 0 saturated carbocycles. The number of benzene rings is 2. The predicted molar refractivity (Wildman–Crippen MR) is 109 cm³/mol. The molecule has 1 heterocycles. The average Bonchev–Trinajstić information content (AvgIpc) is 2.73. The van der Waals surface area contributed by atoms with Crippen LogP contribution >= 0.6 is 0 Å². The number of hydrogen-bond donors (Lipinski definition) is 2. The number of ether oxygens (including phenoxy) is 2. The smallest absolute Gasteiger partial charge is 0.162 e. The first-order valence-corrected chi connectivity index (χ1v) is 9.80. The number of nitrogens with zero attached hydrogens (tertiary/aromatic N) is 2. The average molecular weight is 404 g/mol. The third kappa shape index (κ3) is 5.18. The Morgan fingerprint density at radius 3 is 2.59 bits per heavy atom. The van der Waals surface area contributed by atoms with Crippen molar-refractivity contribution in [3.05, 3.63) is 53.3 Å². The Balaban J connectivity index is 1.68. The van der Waals surface area contributed by atoms with Gasteiger partial charge in [0.1, 0.15) is 11.6 Å². The van der Waals surface area contributed by atoms with Crippen molar-refractivity contribution < 1.29 is 24.1 Å². The lowest BCUT2D eigenvalue weighted by molar-refractivity contribution is 0.0489. The lowest BCUT2D eigenvalue weighted by Crippen LogP contribution is -2.52. The van der Waals surface area contributed by atoms with Gasteiger partial charge in [-0.2, -0.15) is 0 Å². The van der Waals surface area contributed by atoms with Gasteiger partial charge in [0.25, 0.3) is 0 Å². The number of piperazine rings is 1. The predicted octanol–water partition coefficient (Wildman–Crippen LogP) is 2.62. The summed E-state index contributed by atoms with van der Waals surface area (Å²) in [7, 11) is 3.05. The fourth-order valence-electron chi connectivity index (χ4n) is 3.83. The molecule has 6 nitrogen and oxygen atoms in total. The van der Waals surface area contributed by atoms with Crippen molar-refractivity contribution in [3.63, 3.8) is 0 Å². The second kappa shape index (κ2) is 9.91. The molecule has 158 valence electrons. The van der Waals surface area contributed by atoms with Gasteiger partial charge in [0.15, 0.2) is 11.5 Å². The summed E-state index contributed by atoms with van der Waals surface area (Å²) in [5.74, 6) is 0.844. The monoisotopic (exact) mass is 404 g/mol. The number of aliphatic hydroxyl groups excluding tert-OH is 1. The molecule has 0 unspecified atom stereocenters. The topological polar surface area (TPSA) is 65.4 Å². The summed E-state index contributed by atoms with van der Waals surface area (Å²) in [4.78, 5) is 4.46. The number of aromatic hydroxyl groups is 1. The molecular formula is C22H29FN2O4. The van der Waals surface area contributed by atoms with E-state index in [0.29, 0.717) is 36.6 Å². The van der Waals surface area contributed by atoms with E-state index in [1.807, 2.05) is 12.1 Å². The number of methoxy groups -OCH3 is 2. The molecule has 0 bridgehead atoms. The number of rotatable bonds is 8. The molecule has 1 aliphatic heterocycles. The van der Waals surface area contributed by atoms with Gasteiger partial charge >= 0.3 is 0 Å². The van der Waals surface area contributed by atoms with Crippen molar-refractivity contribution in [2.45, 2.75) is 25.6 Å². The molecule has 0 aliphatic carbocycles. The van der Waals surface area contributed by atoms with Crippen LogP contribution in [0, 0.1) is 5.82 Å². The highest BCUT2D eigenvalue weighted by atomic mass is 19.1. The third-order valence-electron chi connectivity index (χ3n) is 5.48. The zero-order chi connectivity index (χ0) is 20.8. The SMILES string of the molecule is COc1ccc(CN2CCN(Cc3cccc(OC)c3O)C[C@H]2CCO)c(F)c1. The standard InChI is InChI=1S/C22H29FN2O4/c1-28-19-7-6-16(20(23)12-19)14-25-10-9-24(15-18(25)8-11-26)13-17-4-3-5-21(29-2)22(17)27/h3-7,12,18,26-27H,8-11,13-15H2,1-2H3/t18-/m1/s1. The molecular weight excluding hydrogens is 375 g/mol. The second-order valence-electron chi connectivity index (χ2n) is 7.30. The van der Waals surface area contributed by atoms with Crippen LogP contribution in [0.2, 0.25) is 0 Å². The summed E-state index contributed by atoms with van der Waals surface area (Å²) in [6, 6.07) is 10.5. The molecule has 7 heteroatoms. The van der Waals surface area contributed by atoms with E-state index in [9.17, 15) is 14.6 Å². The zero-order valence-corrected chi connectivity index (χ0v) is 17.0. The summed E-state index contributed by atoms with van der Waals surface area (Å²) in [5.41, 5.74) is 1.43. The Bertz CT molecular complexity index is 817. The summed E-state index contributed by atoms with van der Waals surface area (Å²) in [6.07, 6.45) is 0.609. The number of para-hydroxylation sites is 1. The van der Waals surface area contributed by atoms with Crippen molar-refractivity contribution in [2.75, 3.05) is 40.5 Å². The summed E-state index contributed by atoms with van der Waals surface area (Å²) < 4.78 is 24.6. The molecule has 29 heavy (non-hydrogen) atoms. The van der Waals surface area contributed by atoms with Crippen LogP contribution < -0.4 is 9.47 Å². The lowest BCUT2D eigenvalue weighted by atomic mass is 10.1. The van der Waals surface area contributed by atoms with Crippen LogP contribution in [0.3, 0.4) is 0 Å². The van der Waals surface area contributed by atoms with E-state index in [1.54, 1.807) is 18.2 Å². The lowest BCUT2D eigenvalue weighted by Gasteiger charge is -2.41. The van der Waals surface area contributed by atoms with Gasteiger partial charge in [-0.3, -0.25) is 9.80 Å². The van der Waals surface area contributed by atoms with E-state index >= 15 is 0 Å². The van der Waals surface area contributed by atoms with Crippen molar-refractivity contribution in [3.8, 4) is 17.2 Å². The number of phenolic OH excluding ortho intramolecular Hbond substituents is 1. The molecule has 1 fully saturated rings. The van der Waals surface area contributed by atoms with Crippen LogP contribution in [-0.4, -0.2) is 66.5 Å². The van der Waals surface area contributed by atoms with Crippen LogP contribution in [-0.2, 0) is 13.1 Å². The Hall–Kier alpha value is -2.35. The minimum atomic E-state index is -0.282. The Morgan fingerprint density at radius 2 is 1.90 bits per heavy atom. The molecule has 0 radical (unpaired) electrons. The normalized spacial score (nSPS) is 18.0. The van der Waals surface area contributed by atoms with Crippen LogP contribution in [0.1, 0.15) is 17.5 Å². The van der Waals surface area contributed by atoms with Gasteiger partial charge in [-0.1, -0.05) is 18.2 Å². The highest BCUT2D eigenvalue weighted by Crippen LogP contribution is 2.31. The molecule has 0 aromatic heterocycles. The number of aliphatic hydroxyl groups is 1. The molecule has 1 saturated heterocycles. The molecule has 2 aromatic rings. The minimum absolute atomic E-state index is 0.0739. The molecule has 1 aliphatic rings. The Kier molecular flexibility index (Phi) is 7.30. The van der Waals surface area contributed by atoms with Gasteiger partial charge in [0.2, 0.25) is 0 Å². The van der Waals surface area contributed by atoms with Crippen LogP contribution in [0.15, 0.2) is 36.4 Å². The molecule has 3 rings (SSSR count). The first-order valence-electron chi connectivity index (χ1n) is 9.80. The van der Waals surface area contributed by atoms with Gasteiger partial charge in [-0.25, -0.2) is 4.39 Å². The van der Waals surface area contributed by atoms with Gasteiger partial charge in [0, 0.05) is 62.6 Å². The number of halogens is 1. The van der Waals surface area contributed by atoms with Crippen LogP contribution in [0.5, 0.6) is 17.2 Å². The van der Waals surface area contributed by atoms with Gasteiger partial charge in [-0.15, -0.1) is 0 Å². The van der Waals surface area contributed by atoms with E-state index in [-0.39, 0.29) is 24.2 Å². The number of hydrogen-bond acceptors (Lipinski definition) is 6. The Labute approximate surface area is 171 Å². The first kappa shape index (κ1) is 21.4. The maximum atomic E-state index is 14.4. The Morgan fingerprint density at radius 1 is 1.07 bits per heavy atom. The summed E-state index contributed by atoms with van der Waals surface area (Å²) in [5, 5.41) is 19.9. The quantitative estimate of drug-likeness (QED) is 0.705. The highest BCUT2D eigenvalue weighted by molar-refractivity contribution is 5.45. The molecule has 0 amide bonds. The van der Waals surface area contributed by atoms with E-state index < -0.39 is 0 Å². The van der Waals surface area contributed by atoms with Gasteiger partial charge < -0.3 is 19.7 Å². The molecule has 2 aromatic carbocycles. The van der Waals surface area contributed by atoms with E-state index in [2.05, 4.69) is 9.80 Å². The van der Waals surface area contributed by atoms with Crippen molar-refractivity contribution >= 4 is 0 Å². The maximum Gasteiger partial charge on any atom is 0.162 e. The molecule has 0 spiro atoms. The van der Waals surface area contributed by atoms with E-state index in [0.717, 1.165) is 25.2 Å². The molecule has 1 atom stereocenters. The van der Waals surface area contributed by atoms with E-state index in [1.165, 1.54) is 20.3 Å². The van der Waals surface area contributed by atoms with Gasteiger partial charge in [0.05, 0.1) is 14.2 Å². The number of phenols is 1. The van der Waals surface area contributed by atoms with Crippen molar-refractivity contribution in [1.82, 2.24) is 9.80 Å². The van der Waals surface area contributed by atoms with Gasteiger partial charge in [-0.05, 0) is 18.6 Å². The first-order chi connectivity index (χ1) is 14.0. The van der Waals surface area contributed by atoms with Crippen LogP contribution in [0.4, 0.5) is 4.39 Å². The fourth-order valence-corrected chi connectivity index (χ4v) is 3.83. The fraction of sp³-hybridized carbons (Fsp3) is 0.455. The molecule has 2 N–H and O–H groups in total. The van der Waals surface area contributed by atoms with Crippen molar-refractivity contribution in [1.29, 1.82) is 0 Å². The van der Waals surface area contributed by atoms with Crippen molar-refractivity contribution in [2.24, 2.45) is 0 Å². The zero-order valence-electron chi connectivity index (χ0n) is 17.0. The summed E-state index contributed by atoms with van der Waals surface area (Å²) >= 11 is 0. The summed E-state index contributed by atoms with van der Waals surface area (Å²) in [6.45, 7) is 3.42. The maximum absolute atomic E-state index is 14.4. The van der Waals surface area contributed by atoms with E-state index in [4.69, 9.17) is 9.47 Å². The second-order valence-corrected chi connectivity index (χ2v) is 7.30. The third-order valence-corrected chi connectivity index (χ3v) is 5.48. The minimum Gasteiger partial charge on any atom is -0.504 e. The van der Waals surface area contributed by atoms with Crippen LogP contribution in [0.25, 0.3) is 0 Å². The largest absolute Gasteiger partial charge is 0.504 e.